The van der Waals surface area contributed by atoms with Crippen LogP contribution in [0.15, 0.2) is 22.4 Å². The maximum Gasteiger partial charge on any atom is 0.264 e. The van der Waals surface area contributed by atoms with Crippen molar-refractivity contribution in [3.05, 3.63) is 45.3 Å². The highest BCUT2D eigenvalue weighted by Crippen LogP contribution is 2.48. The fourth-order valence-electron chi connectivity index (χ4n) is 5.66. The maximum absolute atomic E-state index is 13.8. The summed E-state index contributed by atoms with van der Waals surface area (Å²) in [5, 5.41) is 0.365. The van der Waals surface area contributed by atoms with E-state index in [1.54, 1.807) is 11.8 Å². The van der Waals surface area contributed by atoms with Gasteiger partial charge in [-0.3, -0.25) is 9.59 Å². The van der Waals surface area contributed by atoms with E-state index in [2.05, 4.69) is 33.8 Å². The molecule has 0 unspecified atom stereocenters. The van der Waals surface area contributed by atoms with Gasteiger partial charge in [-0.25, -0.2) is 0 Å². The van der Waals surface area contributed by atoms with E-state index >= 15 is 0 Å². The Hall–Kier alpha value is -1.83. The number of hydrogen-bond acceptors (Lipinski definition) is 6. The van der Waals surface area contributed by atoms with Crippen LogP contribution < -0.4 is 10.5 Å². The first kappa shape index (κ1) is 23.9. The minimum Gasteiger partial charge on any atom is -0.492 e. The van der Waals surface area contributed by atoms with E-state index in [0.717, 1.165) is 50.8 Å². The first-order valence-electron chi connectivity index (χ1n) is 12.2. The van der Waals surface area contributed by atoms with Crippen molar-refractivity contribution in [2.24, 2.45) is 11.1 Å². The van der Waals surface area contributed by atoms with E-state index in [1.165, 1.54) is 16.9 Å². The van der Waals surface area contributed by atoms with Gasteiger partial charge in [0.15, 0.2) is 5.78 Å². The first-order chi connectivity index (χ1) is 16.1. The Morgan fingerprint density at radius 2 is 1.97 bits per heavy atom. The molecular weight excluding hydrogens is 464 g/mol. The largest absolute Gasteiger partial charge is 0.492 e. The summed E-state index contributed by atoms with van der Waals surface area (Å²) in [4.78, 5) is 29.7. The lowest BCUT2D eigenvalue weighted by atomic mass is 9.73. The zero-order chi connectivity index (χ0) is 24.3. The maximum atomic E-state index is 13.8. The molecule has 0 radical (unpaired) electrons. The Bertz CT molecular complexity index is 1140. The average Bonchev–Trinajstić information content (AvgIpc) is 3.31. The number of fused-ring (bicyclic) bond motifs is 3. The third-order valence-corrected chi connectivity index (χ3v) is 9.89. The molecule has 2 aromatic rings. The predicted molar refractivity (Wildman–Crippen MR) is 138 cm³/mol. The highest BCUT2D eigenvalue weighted by molar-refractivity contribution is 8.01. The number of piperidine rings is 1. The van der Waals surface area contributed by atoms with Gasteiger partial charge in [0.05, 0.1) is 15.7 Å². The van der Waals surface area contributed by atoms with E-state index in [4.69, 9.17) is 10.5 Å². The summed E-state index contributed by atoms with van der Waals surface area (Å²) in [6, 6.07) is 6.26. The number of ether oxygens (including phenoxy) is 1. The van der Waals surface area contributed by atoms with Crippen LogP contribution in [0, 0.1) is 5.41 Å². The summed E-state index contributed by atoms with van der Waals surface area (Å²) in [7, 11) is 0. The van der Waals surface area contributed by atoms with E-state index in [0.29, 0.717) is 37.9 Å². The van der Waals surface area contributed by atoms with Gasteiger partial charge in [0, 0.05) is 47.8 Å². The highest BCUT2D eigenvalue weighted by Gasteiger charge is 2.45. The number of thiophene rings is 1. The van der Waals surface area contributed by atoms with E-state index < -0.39 is 0 Å². The Balaban J connectivity index is 1.41. The molecule has 3 aliphatic rings. The van der Waals surface area contributed by atoms with Crippen LogP contribution in [0.2, 0.25) is 0 Å². The van der Waals surface area contributed by atoms with Crippen LogP contribution in [0.1, 0.15) is 83.7 Å². The minimum atomic E-state index is -0.114. The summed E-state index contributed by atoms with van der Waals surface area (Å²) in [5.74, 6) is 1.24. The van der Waals surface area contributed by atoms with Gasteiger partial charge < -0.3 is 15.4 Å². The second-order valence-electron chi connectivity index (χ2n) is 11.1. The number of rotatable bonds is 4. The zero-order valence-corrected chi connectivity index (χ0v) is 22.2. The minimum absolute atomic E-state index is 0.0389. The van der Waals surface area contributed by atoms with Gasteiger partial charge >= 0.3 is 0 Å². The quantitative estimate of drug-likeness (QED) is 0.569. The van der Waals surface area contributed by atoms with Crippen LogP contribution in [0.3, 0.4) is 0 Å². The molecule has 1 spiro atoms. The molecule has 5 nitrogen and oxygen atoms in total. The van der Waals surface area contributed by atoms with Crippen LogP contribution in [-0.2, 0) is 18.4 Å². The van der Waals surface area contributed by atoms with Gasteiger partial charge in [0.1, 0.15) is 5.75 Å². The van der Waals surface area contributed by atoms with Gasteiger partial charge in [0.25, 0.3) is 5.91 Å². The SMILES string of the molecule is CC(C)Sc1sc(C(=O)N2CCC3(CC2)COc2ccc(CN)cc23)c2c1C(=O)CC(C)(C)C2. The number of thioether (sulfide) groups is 1. The van der Waals surface area contributed by atoms with Crippen molar-refractivity contribution in [1.29, 1.82) is 0 Å². The van der Waals surface area contributed by atoms with Crippen molar-refractivity contribution in [1.82, 2.24) is 4.90 Å². The lowest BCUT2D eigenvalue weighted by molar-refractivity contribution is 0.0649. The second kappa shape index (κ2) is 8.68. The van der Waals surface area contributed by atoms with Crippen LogP contribution in [0.25, 0.3) is 0 Å². The molecule has 1 amide bonds. The standard InChI is InChI=1S/C27H34N2O3S2/c1-16(2)33-25-22-18(12-26(3,4)13-20(22)30)23(34-25)24(31)29-9-7-27(8-10-29)15-32-21-6-5-17(14-28)11-19(21)27/h5-6,11,16H,7-10,12-15,28H2,1-4H3. The van der Waals surface area contributed by atoms with Crippen molar-refractivity contribution < 1.29 is 14.3 Å². The molecule has 1 fully saturated rings. The molecule has 34 heavy (non-hydrogen) atoms. The van der Waals surface area contributed by atoms with E-state index in [1.807, 2.05) is 17.0 Å². The highest BCUT2D eigenvalue weighted by atomic mass is 32.2. The molecule has 1 aliphatic carbocycles. The Morgan fingerprint density at radius 1 is 1.24 bits per heavy atom. The molecule has 7 heteroatoms. The number of Topliss-reactive ketones (excluding diaryl/α,β-unsaturated/α-hetero) is 1. The summed E-state index contributed by atoms with van der Waals surface area (Å²) in [6.45, 7) is 11.1. The van der Waals surface area contributed by atoms with Crippen molar-refractivity contribution in [2.45, 2.75) is 74.8 Å². The number of ketones is 1. The smallest absolute Gasteiger partial charge is 0.264 e. The Labute approximate surface area is 210 Å². The van der Waals surface area contributed by atoms with Crippen LogP contribution in [0.4, 0.5) is 0 Å². The molecule has 2 aliphatic heterocycles. The van der Waals surface area contributed by atoms with Gasteiger partial charge in [0.2, 0.25) is 0 Å². The number of carbonyl (C=O) groups is 2. The van der Waals surface area contributed by atoms with E-state index in [9.17, 15) is 9.59 Å². The number of nitrogens with two attached hydrogens (primary N) is 1. The molecule has 182 valence electrons. The summed E-state index contributed by atoms with van der Waals surface area (Å²) in [5.41, 5.74) is 9.92. The topological polar surface area (TPSA) is 72.6 Å². The van der Waals surface area contributed by atoms with Crippen LogP contribution >= 0.6 is 23.1 Å². The monoisotopic (exact) mass is 498 g/mol. The molecule has 0 bridgehead atoms. The lowest BCUT2D eigenvalue weighted by Gasteiger charge is -2.39. The number of likely N-dealkylation sites (tertiary alicyclic amines) is 1. The molecule has 3 heterocycles. The number of amides is 1. The van der Waals surface area contributed by atoms with E-state index in [-0.39, 0.29) is 22.5 Å². The van der Waals surface area contributed by atoms with Crippen LogP contribution in [0.5, 0.6) is 5.75 Å². The molecule has 1 saturated heterocycles. The molecule has 0 atom stereocenters. The summed E-state index contributed by atoms with van der Waals surface area (Å²) >= 11 is 3.25. The number of hydrogen-bond donors (Lipinski definition) is 1. The summed E-state index contributed by atoms with van der Waals surface area (Å²) in [6.07, 6.45) is 3.09. The molecule has 5 rings (SSSR count). The van der Waals surface area contributed by atoms with Crippen LogP contribution in [-0.4, -0.2) is 41.5 Å². The third-order valence-electron chi connectivity index (χ3n) is 7.45. The molecule has 0 saturated carbocycles. The fraction of sp³-hybridized carbons (Fsp3) is 0.556. The Kier molecular flexibility index (Phi) is 6.10. The molecule has 1 aromatic heterocycles. The summed E-state index contributed by atoms with van der Waals surface area (Å²) < 4.78 is 7.06. The third kappa shape index (κ3) is 4.10. The second-order valence-corrected chi connectivity index (χ2v) is 13.9. The number of nitrogens with zero attached hydrogens (tertiary/aromatic N) is 1. The molecule has 2 N–H and O–H groups in total. The number of benzene rings is 1. The number of carbonyl (C=O) groups excluding carboxylic acids is 2. The fourth-order valence-corrected chi connectivity index (χ4v) is 8.50. The lowest BCUT2D eigenvalue weighted by Crippen LogP contribution is -2.46. The van der Waals surface area contributed by atoms with Gasteiger partial charge in [-0.1, -0.05) is 39.8 Å². The molecular formula is C27H34N2O3S2. The van der Waals surface area contributed by atoms with Crippen molar-refractivity contribution in [3.8, 4) is 5.75 Å². The van der Waals surface area contributed by atoms with Crippen molar-refractivity contribution in [3.63, 3.8) is 0 Å². The average molecular weight is 499 g/mol. The molecule has 1 aromatic carbocycles. The first-order valence-corrected chi connectivity index (χ1v) is 13.9. The van der Waals surface area contributed by atoms with Gasteiger partial charge in [-0.2, -0.15) is 0 Å². The zero-order valence-electron chi connectivity index (χ0n) is 20.5. The van der Waals surface area contributed by atoms with Crippen molar-refractivity contribution >= 4 is 34.8 Å². The predicted octanol–water partition coefficient (Wildman–Crippen LogP) is 5.43. The van der Waals surface area contributed by atoms with Gasteiger partial charge in [-0.15, -0.1) is 23.1 Å². The normalized spacial score (nSPS) is 20.4. The Morgan fingerprint density at radius 3 is 2.65 bits per heavy atom. The van der Waals surface area contributed by atoms with Gasteiger partial charge in [-0.05, 0) is 41.9 Å². The van der Waals surface area contributed by atoms with Crippen molar-refractivity contribution in [2.75, 3.05) is 19.7 Å².